The van der Waals surface area contributed by atoms with Gasteiger partial charge in [0.25, 0.3) is 0 Å². The second-order valence-electron chi connectivity index (χ2n) is 5.91. The van der Waals surface area contributed by atoms with Crippen LogP contribution in [0.2, 0.25) is 5.02 Å². The summed E-state index contributed by atoms with van der Waals surface area (Å²) in [6, 6.07) is 13.6. The topological polar surface area (TPSA) is 90.3 Å². The summed E-state index contributed by atoms with van der Waals surface area (Å²) >= 11 is 5.82. The molecule has 3 rings (SSSR count). The van der Waals surface area contributed by atoms with Crippen LogP contribution in [0.1, 0.15) is 18.4 Å². The number of sulfonamides is 1. The van der Waals surface area contributed by atoms with Gasteiger partial charge in [-0.1, -0.05) is 17.7 Å². The number of hydrogen-bond donors (Lipinski definition) is 1. The predicted molar refractivity (Wildman–Crippen MR) is 98.2 cm³/mol. The minimum atomic E-state index is -3.79. The molecule has 0 spiro atoms. The lowest BCUT2D eigenvalue weighted by Crippen LogP contribution is -2.43. The Morgan fingerprint density at radius 1 is 1.23 bits per heavy atom. The van der Waals surface area contributed by atoms with Crippen LogP contribution in [0.3, 0.4) is 0 Å². The second kappa shape index (κ2) is 7.46. The highest BCUT2D eigenvalue weighted by Gasteiger charge is 2.39. The zero-order chi connectivity index (χ0) is 18.7. The molecule has 1 aliphatic rings. The van der Waals surface area contributed by atoms with Crippen molar-refractivity contribution in [1.29, 1.82) is 5.26 Å². The van der Waals surface area contributed by atoms with Crippen molar-refractivity contribution in [3.63, 3.8) is 0 Å². The molecular weight excluding hydrogens is 374 g/mol. The van der Waals surface area contributed by atoms with E-state index in [1.165, 1.54) is 28.6 Å². The number of hydrogen-bond acceptors (Lipinski definition) is 4. The summed E-state index contributed by atoms with van der Waals surface area (Å²) in [6.45, 7) is 0.279. The number of nitriles is 1. The third-order valence-electron chi connectivity index (χ3n) is 4.19. The molecule has 1 heterocycles. The van der Waals surface area contributed by atoms with E-state index in [0.717, 1.165) is 0 Å². The van der Waals surface area contributed by atoms with Gasteiger partial charge < -0.3 is 5.32 Å². The Morgan fingerprint density at radius 2 is 1.96 bits per heavy atom. The molecule has 0 bridgehead atoms. The van der Waals surface area contributed by atoms with Crippen molar-refractivity contribution < 1.29 is 13.2 Å². The van der Waals surface area contributed by atoms with E-state index in [0.29, 0.717) is 29.1 Å². The molecule has 8 heteroatoms. The molecule has 2 aromatic carbocycles. The molecule has 1 amide bonds. The maximum Gasteiger partial charge on any atom is 0.243 e. The van der Waals surface area contributed by atoms with Crippen LogP contribution in [0.4, 0.5) is 5.69 Å². The van der Waals surface area contributed by atoms with Gasteiger partial charge in [0.1, 0.15) is 6.04 Å². The Morgan fingerprint density at radius 3 is 2.65 bits per heavy atom. The number of rotatable bonds is 4. The van der Waals surface area contributed by atoms with Crippen LogP contribution in [-0.2, 0) is 14.8 Å². The molecule has 0 radical (unpaired) electrons. The van der Waals surface area contributed by atoms with Gasteiger partial charge in [-0.3, -0.25) is 4.79 Å². The van der Waals surface area contributed by atoms with E-state index in [9.17, 15) is 13.2 Å². The third-order valence-corrected chi connectivity index (χ3v) is 6.36. The first-order valence-electron chi connectivity index (χ1n) is 8.00. The van der Waals surface area contributed by atoms with Crippen LogP contribution in [0.5, 0.6) is 0 Å². The highest BCUT2D eigenvalue weighted by molar-refractivity contribution is 7.89. The van der Waals surface area contributed by atoms with Gasteiger partial charge in [-0.2, -0.15) is 9.57 Å². The largest absolute Gasteiger partial charge is 0.325 e. The molecule has 1 saturated heterocycles. The summed E-state index contributed by atoms with van der Waals surface area (Å²) in [4.78, 5) is 12.7. The molecule has 0 unspecified atom stereocenters. The lowest BCUT2D eigenvalue weighted by molar-refractivity contribution is -0.119. The highest BCUT2D eigenvalue weighted by atomic mass is 35.5. The summed E-state index contributed by atoms with van der Waals surface area (Å²) in [6.07, 6.45) is 1.04. The number of nitrogens with zero attached hydrogens (tertiary/aromatic N) is 2. The molecule has 6 nitrogen and oxygen atoms in total. The van der Waals surface area contributed by atoms with Crippen LogP contribution >= 0.6 is 11.6 Å². The summed E-state index contributed by atoms with van der Waals surface area (Å²) in [5, 5.41) is 12.1. The summed E-state index contributed by atoms with van der Waals surface area (Å²) < 4.78 is 27.0. The molecule has 1 aliphatic heterocycles. The Kier molecular flexibility index (Phi) is 5.28. The number of carbonyl (C=O) groups is 1. The van der Waals surface area contributed by atoms with Gasteiger partial charge in [0, 0.05) is 17.3 Å². The molecule has 1 atom stereocenters. The first-order valence-corrected chi connectivity index (χ1v) is 9.82. The minimum absolute atomic E-state index is 0.105. The van der Waals surface area contributed by atoms with Gasteiger partial charge in [0.05, 0.1) is 16.5 Å². The molecule has 134 valence electrons. The molecular formula is C18H16ClN3O3S. The SMILES string of the molecule is N#Cc1cccc(NC(=O)[C@H]2CCCN2S(=O)(=O)c2ccc(Cl)cc2)c1. The van der Waals surface area contributed by atoms with Crippen LogP contribution in [-0.4, -0.2) is 31.2 Å². The fraction of sp³-hybridized carbons (Fsp3) is 0.222. The number of halogens is 1. The Bertz CT molecular complexity index is 968. The molecule has 1 N–H and O–H groups in total. The Labute approximate surface area is 157 Å². The maximum absolute atomic E-state index is 12.9. The Hall–Kier alpha value is -2.40. The van der Waals surface area contributed by atoms with E-state index in [-0.39, 0.29) is 11.4 Å². The lowest BCUT2D eigenvalue weighted by Gasteiger charge is -2.23. The molecule has 2 aromatic rings. The van der Waals surface area contributed by atoms with Gasteiger partial charge >= 0.3 is 0 Å². The fourth-order valence-corrected chi connectivity index (χ4v) is 4.71. The molecule has 0 saturated carbocycles. The van der Waals surface area contributed by atoms with Crippen LogP contribution < -0.4 is 5.32 Å². The molecule has 0 aliphatic carbocycles. The van der Waals surface area contributed by atoms with Crippen LogP contribution in [0, 0.1) is 11.3 Å². The van der Waals surface area contributed by atoms with Crippen molar-refractivity contribution in [2.45, 2.75) is 23.8 Å². The average Bonchev–Trinajstić information content (AvgIpc) is 3.13. The zero-order valence-corrected chi connectivity index (χ0v) is 15.3. The number of anilines is 1. The minimum Gasteiger partial charge on any atom is -0.325 e. The summed E-state index contributed by atoms with van der Waals surface area (Å²) in [7, 11) is -3.79. The van der Waals surface area contributed by atoms with Crippen molar-refractivity contribution in [2.75, 3.05) is 11.9 Å². The van der Waals surface area contributed by atoms with E-state index in [4.69, 9.17) is 16.9 Å². The van der Waals surface area contributed by atoms with Crippen molar-refractivity contribution in [2.24, 2.45) is 0 Å². The van der Waals surface area contributed by atoms with Crippen molar-refractivity contribution >= 4 is 33.2 Å². The van der Waals surface area contributed by atoms with Crippen LogP contribution in [0.25, 0.3) is 0 Å². The van der Waals surface area contributed by atoms with Gasteiger partial charge in [-0.25, -0.2) is 8.42 Å². The zero-order valence-electron chi connectivity index (χ0n) is 13.7. The highest BCUT2D eigenvalue weighted by Crippen LogP contribution is 2.27. The monoisotopic (exact) mass is 389 g/mol. The van der Waals surface area contributed by atoms with E-state index in [1.54, 1.807) is 24.3 Å². The van der Waals surface area contributed by atoms with Gasteiger partial charge in [-0.15, -0.1) is 0 Å². The quantitative estimate of drug-likeness (QED) is 0.870. The second-order valence-corrected chi connectivity index (χ2v) is 8.24. The van der Waals surface area contributed by atoms with Gasteiger partial charge in [0.15, 0.2) is 0 Å². The third kappa shape index (κ3) is 3.73. The van der Waals surface area contributed by atoms with Crippen molar-refractivity contribution in [1.82, 2.24) is 4.31 Å². The van der Waals surface area contributed by atoms with E-state index in [1.807, 2.05) is 6.07 Å². The fourth-order valence-electron chi connectivity index (χ4n) is 2.92. The normalized spacial score (nSPS) is 17.6. The molecule has 0 aromatic heterocycles. The molecule has 26 heavy (non-hydrogen) atoms. The predicted octanol–water partition coefficient (Wildman–Crippen LogP) is 3.00. The van der Waals surface area contributed by atoms with Crippen molar-refractivity contribution in [3.05, 3.63) is 59.1 Å². The average molecular weight is 390 g/mol. The summed E-state index contributed by atoms with van der Waals surface area (Å²) in [5.74, 6) is -0.407. The van der Waals surface area contributed by atoms with Crippen LogP contribution in [0.15, 0.2) is 53.4 Å². The standard InChI is InChI=1S/C18H16ClN3O3S/c19-14-6-8-16(9-7-14)26(24,25)22-10-2-5-17(22)18(23)21-15-4-1-3-13(11-15)12-20/h1,3-4,6-9,11,17H,2,5,10H2,(H,21,23)/t17-/m1/s1. The van der Waals surface area contributed by atoms with E-state index in [2.05, 4.69) is 5.32 Å². The molecule has 1 fully saturated rings. The number of benzene rings is 2. The van der Waals surface area contributed by atoms with E-state index >= 15 is 0 Å². The maximum atomic E-state index is 12.9. The lowest BCUT2D eigenvalue weighted by atomic mass is 10.2. The van der Waals surface area contributed by atoms with Gasteiger partial charge in [0.2, 0.25) is 15.9 Å². The Balaban J connectivity index is 1.82. The van der Waals surface area contributed by atoms with Gasteiger partial charge in [-0.05, 0) is 55.3 Å². The first kappa shape index (κ1) is 18.4. The number of amides is 1. The number of carbonyl (C=O) groups excluding carboxylic acids is 1. The van der Waals surface area contributed by atoms with E-state index < -0.39 is 22.0 Å². The number of nitrogens with one attached hydrogen (secondary N) is 1. The summed E-state index contributed by atoms with van der Waals surface area (Å²) in [5.41, 5.74) is 0.879. The smallest absolute Gasteiger partial charge is 0.243 e. The first-order chi connectivity index (χ1) is 12.4. The van der Waals surface area contributed by atoms with Crippen molar-refractivity contribution in [3.8, 4) is 6.07 Å².